The summed E-state index contributed by atoms with van der Waals surface area (Å²) in [7, 11) is 0. The first-order chi connectivity index (χ1) is 20.3. The number of rotatable bonds is 37. The predicted octanol–water partition coefficient (Wildman–Crippen LogP) is 14.7. The van der Waals surface area contributed by atoms with E-state index in [1.54, 1.807) is 0 Å². The van der Waals surface area contributed by atoms with Gasteiger partial charge in [-0.3, -0.25) is 0 Å². The van der Waals surface area contributed by atoms with Gasteiger partial charge in [-0.15, -0.1) is 0 Å². The fourth-order valence-corrected chi connectivity index (χ4v) is 6.69. The quantitative estimate of drug-likeness (QED) is 0.0724. The third-order valence-electron chi connectivity index (χ3n) is 9.56. The standard InChI is InChI=1S/C40H83N/c1-4-7-9-11-13-15-17-19-21-22-23-25-27-29-31-33-35-37-39-40(41-6-3)38-36-34-32-30-28-26-24-20-18-16-14-12-10-8-5-2/h40-41H,4-39H2,1-3H3. The molecule has 0 fully saturated rings. The molecule has 0 saturated carbocycles. The maximum Gasteiger partial charge on any atom is 0.00669 e. The highest BCUT2D eigenvalue weighted by Gasteiger charge is 2.07. The Morgan fingerprint density at radius 2 is 0.463 bits per heavy atom. The summed E-state index contributed by atoms with van der Waals surface area (Å²) in [4.78, 5) is 0. The predicted molar refractivity (Wildman–Crippen MR) is 190 cm³/mol. The highest BCUT2D eigenvalue weighted by Crippen LogP contribution is 2.17. The third kappa shape index (κ3) is 36.1. The molecule has 0 spiro atoms. The van der Waals surface area contributed by atoms with Crippen LogP contribution < -0.4 is 5.32 Å². The molecule has 41 heavy (non-hydrogen) atoms. The zero-order valence-corrected chi connectivity index (χ0v) is 29.5. The summed E-state index contributed by atoms with van der Waals surface area (Å²) in [6, 6.07) is 0.781. The van der Waals surface area contributed by atoms with E-state index in [0.717, 1.165) is 12.6 Å². The summed E-state index contributed by atoms with van der Waals surface area (Å²) < 4.78 is 0. The zero-order valence-electron chi connectivity index (χ0n) is 29.5. The Bertz CT molecular complexity index is 433. The van der Waals surface area contributed by atoms with E-state index in [1.165, 1.54) is 225 Å². The minimum Gasteiger partial charge on any atom is -0.314 e. The molecular formula is C40H83N. The van der Waals surface area contributed by atoms with Gasteiger partial charge in [-0.2, -0.15) is 0 Å². The van der Waals surface area contributed by atoms with Gasteiger partial charge in [-0.1, -0.05) is 233 Å². The summed E-state index contributed by atoms with van der Waals surface area (Å²) in [6.45, 7) is 8.05. The van der Waals surface area contributed by atoms with Crippen LogP contribution in [0.1, 0.15) is 245 Å². The first-order valence-corrected chi connectivity index (χ1v) is 20.1. The third-order valence-corrected chi connectivity index (χ3v) is 9.56. The average molecular weight is 578 g/mol. The van der Waals surface area contributed by atoms with Gasteiger partial charge in [0.1, 0.15) is 0 Å². The van der Waals surface area contributed by atoms with Crippen LogP contribution >= 0.6 is 0 Å². The van der Waals surface area contributed by atoms with Crippen molar-refractivity contribution in [2.45, 2.75) is 252 Å². The van der Waals surface area contributed by atoms with E-state index in [-0.39, 0.29) is 0 Å². The molecule has 1 atom stereocenters. The van der Waals surface area contributed by atoms with Gasteiger partial charge in [-0.25, -0.2) is 0 Å². The number of hydrogen-bond donors (Lipinski definition) is 1. The molecule has 0 aromatic heterocycles. The van der Waals surface area contributed by atoms with E-state index in [2.05, 4.69) is 26.1 Å². The molecule has 0 aromatic rings. The molecular weight excluding hydrogens is 494 g/mol. The molecule has 0 radical (unpaired) electrons. The molecule has 0 bridgehead atoms. The smallest absolute Gasteiger partial charge is 0.00669 e. The fourth-order valence-electron chi connectivity index (χ4n) is 6.69. The molecule has 0 aliphatic carbocycles. The van der Waals surface area contributed by atoms with Crippen molar-refractivity contribution < 1.29 is 0 Å². The lowest BCUT2D eigenvalue weighted by Crippen LogP contribution is -2.28. The lowest BCUT2D eigenvalue weighted by Gasteiger charge is -2.17. The van der Waals surface area contributed by atoms with Crippen LogP contribution in [0.2, 0.25) is 0 Å². The Labute approximate surface area is 263 Å². The van der Waals surface area contributed by atoms with Crippen molar-refractivity contribution in [3.8, 4) is 0 Å². The van der Waals surface area contributed by atoms with Crippen molar-refractivity contribution in [2.24, 2.45) is 0 Å². The van der Waals surface area contributed by atoms with Crippen molar-refractivity contribution in [1.82, 2.24) is 5.32 Å². The largest absolute Gasteiger partial charge is 0.314 e. The molecule has 1 nitrogen and oxygen atoms in total. The van der Waals surface area contributed by atoms with Crippen LogP contribution in [0.25, 0.3) is 0 Å². The minimum atomic E-state index is 0.781. The van der Waals surface area contributed by atoms with Gasteiger partial charge >= 0.3 is 0 Å². The molecule has 248 valence electrons. The second-order valence-corrected chi connectivity index (χ2v) is 13.8. The van der Waals surface area contributed by atoms with Crippen LogP contribution in [0.15, 0.2) is 0 Å². The van der Waals surface area contributed by atoms with Gasteiger partial charge in [0.15, 0.2) is 0 Å². The molecule has 0 rings (SSSR count). The van der Waals surface area contributed by atoms with Crippen molar-refractivity contribution in [3.63, 3.8) is 0 Å². The van der Waals surface area contributed by atoms with Crippen molar-refractivity contribution in [3.05, 3.63) is 0 Å². The number of unbranched alkanes of at least 4 members (excludes halogenated alkanes) is 31. The normalized spacial score (nSPS) is 12.4. The highest BCUT2D eigenvalue weighted by atomic mass is 14.9. The van der Waals surface area contributed by atoms with E-state index in [0.29, 0.717) is 0 Å². The van der Waals surface area contributed by atoms with Crippen molar-refractivity contribution in [1.29, 1.82) is 0 Å². The number of hydrogen-bond acceptors (Lipinski definition) is 1. The first-order valence-electron chi connectivity index (χ1n) is 20.1. The van der Waals surface area contributed by atoms with Gasteiger partial charge in [-0.05, 0) is 19.4 Å². The summed E-state index contributed by atoms with van der Waals surface area (Å²) in [5, 5.41) is 3.79. The van der Waals surface area contributed by atoms with Gasteiger partial charge in [0.25, 0.3) is 0 Å². The van der Waals surface area contributed by atoms with E-state index in [4.69, 9.17) is 0 Å². The van der Waals surface area contributed by atoms with E-state index < -0.39 is 0 Å². The summed E-state index contributed by atoms with van der Waals surface area (Å²) in [6.07, 6.45) is 51.2. The Hall–Kier alpha value is -0.0400. The lowest BCUT2D eigenvalue weighted by atomic mass is 9.99. The van der Waals surface area contributed by atoms with Crippen LogP contribution in [-0.4, -0.2) is 12.6 Å². The van der Waals surface area contributed by atoms with E-state index in [1.807, 2.05) is 0 Å². The summed E-state index contributed by atoms with van der Waals surface area (Å²) in [5.74, 6) is 0. The van der Waals surface area contributed by atoms with Gasteiger partial charge in [0, 0.05) is 6.04 Å². The van der Waals surface area contributed by atoms with Crippen molar-refractivity contribution >= 4 is 0 Å². The average Bonchev–Trinajstić information content (AvgIpc) is 2.98. The topological polar surface area (TPSA) is 12.0 Å². The lowest BCUT2D eigenvalue weighted by molar-refractivity contribution is 0.418. The van der Waals surface area contributed by atoms with Gasteiger partial charge in [0.2, 0.25) is 0 Å². The Balaban J connectivity index is 3.34. The Kier molecular flexibility index (Phi) is 37.9. The van der Waals surface area contributed by atoms with Crippen LogP contribution in [0, 0.1) is 0 Å². The zero-order chi connectivity index (χ0) is 29.7. The van der Waals surface area contributed by atoms with Gasteiger partial charge in [0.05, 0.1) is 0 Å². The fraction of sp³-hybridized carbons (Fsp3) is 1.00. The summed E-state index contributed by atoms with van der Waals surface area (Å²) >= 11 is 0. The monoisotopic (exact) mass is 578 g/mol. The highest BCUT2D eigenvalue weighted by molar-refractivity contribution is 4.66. The van der Waals surface area contributed by atoms with Gasteiger partial charge < -0.3 is 5.32 Å². The molecule has 0 aromatic carbocycles. The van der Waals surface area contributed by atoms with Crippen LogP contribution in [-0.2, 0) is 0 Å². The molecule has 1 heteroatoms. The Morgan fingerprint density at radius 3 is 0.659 bits per heavy atom. The van der Waals surface area contributed by atoms with Crippen LogP contribution in [0.5, 0.6) is 0 Å². The molecule has 1 unspecified atom stereocenters. The van der Waals surface area contributed by atoms with Crippen molar-refractivity contribution in [2.75, 3.05) is 6.54 Å². The number of nitrogens with one attached hydrogen (secondary N) is 1. The maximum absolute atomic E-state index is 3.79. The molecule has 0 aliphatic rings. The van der Waals surface area contributed by atoms with Crippen LogP contribution in [0.4, 0.5) is 0 Å². The Morgan fingerprint density at radius 1 is 0.268 bits per heavy atom. The second kappa shape index (κ2) is 38.0. The molecule has 1 N–H and O–H groups in total. The molecule has 0 heterocycles. The van der Waals surface area contributed by atoms with E-state index in [9.17, 15) is 0 Å². The second-order valence-electron chi connectivity index (χ2n) is 13.8. The first kappa shape index (κ1) is 41.0. The van der Waals surface area contributed by atoms with E-state index >= 15 is 0 Å². The summed E-state index contributed by atoms with van der Waals surface area (Å²) in [5.41, 5.74) is 0. The minimum absolute atomic E-state index is 0.781. The molecule has 0 saturated heterocycles. The maximum atomic E-state index is 3.79. The van der Waals surface area contributed by atoms with Crippen LogP contribution in [0.3, 0.4) is 0 Å². The molecule has 0 aliphatic heterocycles. The SMILES string of the molecule is CCCCCCCCCCCCCCCCCCCCC(CCCCCCCCCCCCCCCCC)NCC. The molecule has 0 amide bonds.